The summed E-state index contributed by atoms with van der Waals surface area (Å²) in [5.74, 6) is 1.40. The summed E-state index contributed by atoms with van der Waals surface area (Å²) in [6.07, 6.45) is 3.65. The molecule has 15 aromatic rings. The molecule has 0 unspecified atom stereocenters. The third kappa shape index (κ3) is 31.0. The standard InChI is InChI=1S/C34H44ClN3.C29H37N5.C25H27N3.C23H23N3.C15H9Br2N3/c1-19(2)27-15-23(9)16-28(20(3)4)33(27)36-24(10)31-13-12-14-32(38-31)25(11)37-34-29(21(5)6)17-26(35)18-30(34)22(7)8;1-18-14-24(33(7)8)15-19(2)28(18)30-22(5)26-12-11-13-27(32-26)23(6)31-29-20(3)16-25(34(9)10)17-21(29)4;1-16-10-18(3)24(19(4)11-16)26-14-22-8-7-9-23(28-22)15-27-25-20(5)12-17(2)13-21(25)6;1-16-10-5-7-12-20(16)24-18(3)22-14-9-15-23(26-22)19(4)25-21-13-8-6-11-17(21)2;16-14-8-2-6-12(19-14)10-4-1-5-11(18-10)13-7-3-9-15(17)20-13/h12-22H,1-11H3;11-17H,1-10H3;7-15H,1-6H3;5-15H,1-4H3;1-9H. The molecular weight excluding hydrogens is 1950 g/mol. The van der Waals surface area contributed by atoms with Gasteiger partial charge in [0.1, 0.15) is 9.21 Å². The quantitative estimate of drug-likeness (QED) is 0.0418. The number of aliphatic imine (C=N–C) groups is 8. The maximum absolute atomic E-state index is 6.48. The number of aromatic nitrogens is 7. The van der Waals surface area contributed by atoms with E-state index in [1.807, 2.05) is 223 Å². The molecule has 15 rings (SSSR count). The van der Waals surface area contributed by atoms with Gasteiger partial charge in [0.15, 0.2) is 0 Å². The number of halogens is 3. The van der Waals surface area contributed by atoms with Gasteiger partial charge in [-0.15, -0.1) is 0 Å². The lowest BCUT2D eigenvalue weighted by atomic mass is 9.90. The van der Waals surface area contributed by atoms with E-state index in [4.69, 9.17) is 56.5 Å². The number of benzene rings is 8. The smallest absolute Gasteiger partial charge is 0.106 e. The predicted molar refractivity (Wildman–Crippen MR) is 632 cm³/mol. The fourth-order valence-corrected chi connectivity index (χ4v) is 17.9. The van der Waals surface area contributed by atoms with E-state index in [0.717, 1.165) is 207 Å². The van der Waals surface area contributed by atoms with Crippen LogP contribution >= 0.6 is 43.5 Å². The fraction of sp³-hybridized carbons (Fsp3) is 0.278. The molecule has 0 fully saturated rings. The first-order valence-electron chi connectivity index (χ1n) is 49.7. The van der Waals surface area contributed by atoms with Crippen LogP contribution in [0.2, 0.25) is 5.02 Å². The monoisotopic (exact) mass is 2080 g/mol. The first-order chi connectivity index (χ1) is 69.4. The van der Waals surface area contributed by atoms with Crippen molar-refractivity contribution in [3.63, 3.8) is 0 Å². The van der Waals surface area contributed by atoms with Crippen molar-refractivity contribution < 1.29 is 0 Å². The van der Waals surface area contributed by atoms with Crippen LogP contribution in [-0.2, 0) is 0 Å². The van der Waals surface area contributed by atoms with Crippen molar-refractivity contribution >= 4 is 147 Å². The largest absolute Gasteiger partial charge is 0.378 e. The predicted octanol–water partition coefficient (Wildman–Crippen LogP) is 34.7. The lowest BCUT2D eigenvalue weighted by Crippen LogP contribution is -2.09. The Bertz CT molecular complexity index is 6900. The number of hydrogen-bond donors (Lipinski definition) is 0. The molecule has 0 N–H and O–H groups in total. The average molecular weight is 2090 g/mol. The van der Waals surface area contributed by atoms with Crippen LogP contribution in [0, 0.1) is 90.0 Å². The number of pyridine rings is 7. The topological polar surface area (TPSA) is 196 Å². The van der Waals surface area contributed by atoms with Gasteiger partial charge in [0.25, 0.3) is 0 Å². The van der Waals surface area contributed by atoms with E-state index in [-0.39, 0.29) is 0 Å². The molecule has 0 radical (unpaired) electrons. The molecule has 0 atom stereocenters. The molecule has 750 valence electrons. The van der Waals surface area contributed by atoms with E-state index in [1.165, 1.54) is 61.4 Å². The maximum atomic E-state index is 6.48. The minimum Gasteiger partial charge on any atom is -0.378 e. The lowest BCUT2D eigenvalue weighted by molar-refractivity contribution is 0.831. The summed E-state index contributed by atoms with van der Waals surface area (Å²) >= 11 is 13.2. The molecule has 8 aromatic carbocycles. The Morgan fingerprint density at radius 1 is 0.260 bits per heavy atom. The van der Waals surface area contributed by atoms with Crippen molar-refractivity contribution in [2.45, 2.75) is 211 Å². The molecule has 0 aliphatic carbocycles. The van der Waals surface area contributed by atoms with Crippen LogP contribution in [0.4, 0.5) is 56.9 Å². The summed E-state index contributed by atoms with van der Waals surface area (Å²) in [6, 6.07) is 83.6. The van der Waals surface area contributed by atoms with Gasteiger partial charge in [-0.3, -0.25) is 39.9 Å². The van der Waals surface area contributed by atoms with Gasteiger partial charge in [-0.25, -0.2) is 34.9 Å². The van der Waals surface area contributed by atoms with E-state index in [2.05, 4.69) is 325 Å². The normalized spacial score (nSPS) is 12.1. The second kappa shape index (κ2) is 52.2. The van der Waals surface area contributed by atoms with Gasteiger partial charge >= 0.3 is 0 Å². The Morgan fingerprint density at radius 2 is 0.514 bits per heavy atom. The number of anilines is 2. The first-order valence-corrected chi connectivity index (χ1v) is 51.7. The Balaban J connectivity index is 0.000000176. The highest BCUT2D eigenvalue weighted by molar-refractivity contribution is 9.10. The first kappa shape index (κ1) is 112. The van der Waals surface area contributed by atoms with Gasteiger partial charge in [0.2, 0.25) is 0 Å². The van der Waals surface area contributed by atoms with Crippen LogP contribution in [0.5, 0.6) is 0 Å². The van der Waals surface area contributed by atoms with Crippen molar-refractivity contribution in [3.8, 4) is 22.8 Å². The number of aryl methyl sites for hydroxylation is 13. The van der Waals surface area contributed by atoms with E-state index in [0.29, 0.717) is 23.7 Å². The Morgan fingerprint density at radius 3 is 0.808 bits per heavy atom. The highest BCUT2D eigenvalue weighted by Gasteiger charge is 2.22. The second-order valence-electron chi connectivity index (χ2n) is 39.1. The zero-order valence-electron chi connectivity index (χ0n) is 90.9. The maximum Gasteiger partial charge on any atom is 0.106 e. The second-order valence-corrected chi connectivity index (χ2v) is 41.1. The van der Waals surface area contributed by atoms with Crippen molar-refractivity contribution in [1.82, 2.24) is 34.9 Å². The van der Waals surface area contributed by atoms with Gasteiger partial charge in [-0.1, -0.05) is 199 Å². The molecule has 0 bridgehead atoms. The fourth-order valence-electron chi connectivity index (χ4n) is 16.9. The number of hydrogen-bond acceptors (Lipinski definition) is 17. The van der Waals surface area contributed by atoms with Gasteiger partial charge in [-0.05, 0) is 398 Å². The lowest BCUT2D eigenvalue weighted by Gasteiger charge is -2.19. The average Bonchev–Trinajstić information content (AvgIpc) is 0.794. The number of para-hydroxylation sites is 2. The SMILES string of the molecule is Brc1cccc(-c2cccc(-c3cccc(Br)n3)n2)n1.CC(=Nc1c(C(C)C)cc(C)cc1C(C)C)c1cccc(C(C)=Nc2c(C(C)C)cc(Cl)cc2C(C)C)n1.CC(=Nc1c(C)cc(N(C)C)cc1C)c1cccc(C(C)=Nc2c(C)cc(N(C)C)cc2C)n1.CC(=Nc1ccccc1C)c1cccc(C(C)=Nc2ccccc2C)n1.Cc1cc(C)c(N=Cc2cccc(C=Nc3c(C)cc(C)cc3C)n2)c(C)c1. The molecule has 0 saturated heterocycles. The molecular formula is C126H140Br2ClN17. The van der Waals surface area contributed by atoms with Crippen LogP contribution in [0.1, 0.15) is 261 Å². The van der Waals surface area contributed by atoms with Crippen LogP contribution in [0.25, 0.3) is 22.8 Å². The number of nitrogens with zero attached hydrogens (tertiary/aromatic N) is 17. The summed E-state index contributed by atoms with van der Waals surface area (Å²) in [5.41, 5.74) is 46.3. The van der Waals surface area contributed by atoms with Crippen molar-refractivity contribution in [2.75, 3.05) is 38.0 Å². The third-order valence-electron chi connectivity index (χ3n) is 24.7. The van der Waals surface area contributed by atoms with Crippen LogP contribution in [0.3, 0.4) is 0 Å². The van der Waals surface area contributed by atoms with Crippen LogP contribution in [0.15, 0.2) is 298 Å². The molecule has 0 saturated carbocycles. The Kier molecular flexibility index (Phi) is 40.2. The molecule has 20 heteroatoms. The van der Waals surface area contributed by atoms with Gasteiger partial charge in [0.05, 0.1) is 161 Å². The molecule has 0 amide bonds. The van der Waals surface area contributed by atoms with E-state index < -0.39 is 0 Å². The summed E-state index contributed by atoms with van der Waals surface area (Å²) in [7, 11) is 8.23. The molecule has 0 aliphatic heterocycles. The summed E-state index contributed by atoms with van der Waals surface area (Å²) in [4.78, 5) is 76.1. The van der Waals surface area contributed by atoms with Crippen molar-refractivity contribution in [1.29, 1.82) is 0 Å². The number of rotatable bonds is 24. The van der Waals surface area contributed by atoms with Crippen LogP contribution in [-0.4, -0.2) is 110 Å². The van der Waals surface area contributed by atoms with Gasteiger partial charge < -0.3 is 9.80 Å². The molecule has 0 spiro atoms. The van der Waals surface area contributed by atoms with E-state index >= 15 is 0 Å². The minimum absolute atomic E-state index is 0.311. The molecule has 146 heavy (non-hydrogen) atoms. The van der Waals surface area contributed by atoms with E-state index in [1.54, 1.807) is 0 Å². The van der Waals surface area contributed by atoms with Gasteiger partial charge in [0, 0.05) is 44.6 Å². The summed E-state index contributed by atoms with van der Waals surface area (Å²) in [5, 5.41) is 0.763. The van der Waals surface area contributed by atoms with E-state index in [9.17, 15) is 0 Å². The Hall–Kier alpha value is -14.0. The van der Waals surface area contributed by atoms with Crippen molar-refractivity contribution in [3.05, 3.63) is 403 Å². The Labute approximate surface area is 889 Å². The highest BCUT2D eigenvalue weighted by atomic mass is 79.9. The van der Waals surface area contributed by atoms with Crippen LogP contribution < -0.4 is 9.80 Å². The highest BCUT2D eigenvalue weighted by Crippen LogP contribution is 2.41. The minimum atomic E-state index is 0.311. The molecule has 7 heterocycles. The summed E-state index contributed by atoms with van der Waals surface area (Å²) < 4.78 is 1.59. The van der Waals surface area contributed by atoms with Crippen molar-refractivity contribution in [2.24, 2.45) is 39.9 Å². The third-order valence-corrected chi connectivity index (χ3v) is 25.8. The molecule has 7 aromatic heterocycles. The molecule has 0 aliphatic rings. The zero-order chi connectivity index (χ0) is 106. The van der Waals surface area contributed by atoms with Gasteiger partial charge in [-0.2, -0.15) is 0 Å². The molecule has 17 nitrogen and oxygen atoms in total. The summed E-state index contributed by atoms with van der Waals surface area (Å²) in [6.45, 7) is 57.1. The zero-order valence-corrected chi connectivity index (χ0v) is 94.8.